The molecule has 0 unspecified atom stereocenters. The summed E-state index contributed by atoms with van der Waals surface area (Å²) in [6, 6.07) is 24.6. The number of methoxy groups -OCH3 is 2. The van der Waals surface area contributed by atoms with Gasteiger partial charge in [-0.15, -0.1) is 11.8 Å². The smallest absolute Gasteiger partial charge is 0.337 e. The lowest BCUT2D eigenvalue weighted by molar-refractivity contribution is -0.114. The van der Waals surface area contributed by atoms with Crippen molar-refractivity contribution in [3.63, 3.8) is 0 Å². The highest BCUT2D eigenvalue weighted by molar-refractivity contribution is 8.00. The zero-order valence-electron chi connectivity index (χ0n) is 24.1. The number of nitrogens with one attached hydrogen (secondary N) is 3. The molecule has 0 heterocycles. The molecule has 0 aromatic heterocycles. The van der Waals surface area contributed by atoms with Gasteiger partial charge in [-0.2, -0.15) is 0 Å². The Morgan fingerprint density at radius 2 is 1.56 bits per heavy atom. The van der Waals surface area contributed by atoms with Gasteiger partial charge in [-0.1, -0.05) is 41.9 Å². The number of benzene rings is 4. The molecule has 4 N–H and O–H groups in total. The van der Waals surface area contributed by atoms with Crippen LogP contribution in [0.15, 0.2) is 102 Å². The number of carboxylic acid groups (broad SMARTS) is 1. The van der Waals surface area contributed by atoms with Crippen molar-refractivity contribution in [1.82, 2.24) is 5.32 Å². The number of hydrogen-bond acceptors (Lipinski definition) is 7. The van der Waals surface area contributed by atoms with E-state index >= 15 is 0 Å². The number of anilines is 2. The highest BCUT2D eigenvalue weighted by atomic mass is 35.5. The van der Waals surface area contributed by atoms with Crippen molar-refractivity contribution < 1.29 is 33.8 Å². The van der Waals surface area contributed by atoms with Crippen LogP contribution in [0.25, 0.3) is 6.08 Å². The van der Waals surface area contributed by atoms with Gasteiger partial charge in [0, 0.05) is 21.8 Å². The maximum atomic E-state index is 13.5. The van der Waals surface area contributed by atoms with Gasteiger partial charge < -0.3 is 30.5 Å². The molecule has 0 radical (unpaired) electrons. The van der Waals surface area contributed by atoms with Gasteiger partial charge in [0.25, 0.3) is 11.8 Å². The molecule has 230 valence electrons. The summed E-state index contributed by atoms with van der Waals surface area (Å²) in [7, 11) is 3.01. The van der Waals surface area contributed by atoms with E-state index in [0.717, 1.165) is 0 Å². The van der Waals surface area contributed by atoms with Crippen molar-refractivity contribution in [3.8, 4) is 11.5 Å². The predicted molar refractivity (Wildman–Crippen MR) is 174 cm³/mol. The van der Waals surface area contributed by atoms with E-state index in [0.29, 0.717) is 38.9 Å². The van der Waals surface area contributed by atoms with Gasteiger partial charge in [-0.3, -0.25) is 14.4 Å². The van der Waals surface area contributed by atoms with Crippen LogP contribution in [-0.2, 0) is 9.59 Å². The first-order valence-corrected chi connectivity index (χ1v) is 14.7. The van der Waals surface area contributed by atoms with Crippen molar-refractivity contribution in [2.75, 3.05) is 30.6 Å². The normalized spacial score (nSPS) is 10.9. The third kappa shape index (κ3) is 9.12. The second-order valence-corrected chi connectivity index (χ2v) is 10.8. The van der Waals surface area contributed by atoms with Crippen LogP contribution in [-0.4, -0.2) is 48.8 Å². The van der Waals surface area contributed by atoms with Crippen molar-refractivity contribution in [2.45, 2.75) is 4.90 Å². The maximum absolute atomic E-state index is 13.5. The molecule has 45 heavy (non-hydrogen) atoms. The molecule has 0 atom stereocenters. The summed E-state index contributed by atoms with van der Waals surface area (Å²) in [4.78, 5) is 51.0. The molecule has 4 aromatic carbocycles. The van der Waals surface area contributed by atoms with E-state index in [2.05, 4.69) is 16.0 Å². The summed E-state index contributed by atoms with van der Waals surface area (Å²) in [5, 5.41) is 17.5. The van der Waals surface area contributed by atoms with Crippen molar-refractivity contribution in [3.05, 3.63) is 118 Å². The minimum Gasteiger partial charge on any atom is -0.493 e. The largest absolute Gasteiger partial charge is 0.493 e. The number of rotatable bonds is 12. The Labute approximate surface area is 268 Å². The Kier molecular flexibility index (Phi) is 11.2. The fourth-order valence-corrected chi connectivity index (χ4v) is 4.98. The molecule has 0 spiro atoms. The van der Waals surface area contributed by atoms with E-state index in [9.17, 15) is 24.3 Å². The van der Waals surface area contributed by atoms with E-state index < -0.39 is 17.8 Å². The molecule has 12 heteroatoms. The Morgan fingerprint density at radius 1 is 0.822 bits per heavy atom. The zero-order valence-corrected chi connectivity index (χ0v) is 25.7. The first kappa shape index (κ1) is 32.6. The number of hydrogen-bond donors (Lipinski definition) is 4. The van der Waals surface area contributed by atoms with Gasteiger partial charge in [-0.25, -0.2) is 4.79 Å². The molecular formula is C33H28ClN3O7S. The van der Waals surface area contributed by atoms with Crippen LogP contribution in [0.2, 0.25) is 5.02 Å². The minimum atomic E-state index is -1.20. The monoisotopic (exact) mass is 645 g/mol. The van der Waals surface area contributed by atoms with Crippen LogP contribution in [0, 0.1) is 0 Å². The summed E-state index contributed by atoms with van der Waals surface area (Å²) in [6.07, 6.45) is 1.52. The highest BCUT2D eigenvalue weighted by Crippen LogP contribution is 2.29. The van der Waals surface area contributed by atoms with E-state index in [4.69, 9.17) is 21.1 Å². The Balaban J connectivity index is 1.48. The SMILES string of the molecule is COc1ccc(/C=C(/NC(=O)c2ccccc2)C(=O)Nc2cccc(SCC(=O)Nc3ccc(Cl)c(C(=O)O)c3)c2)cc1OC. The number of carbonyl (C=O) groups is 4. The first-order chi connectivity index (χ1) is 21.7. The Bertz CT molecular complexity index is 1760. The molecule has 0 aliphatic rings. The lowest BCUT2D eigenvalue weighted by atomic mass is 10.1. The number of ether oxygens (including phenoxy) is 2. The minimum absolute atomic E-state index is 0.0139. The average Bonchev–Trinajstić information content (AvgIpc) is 3.04. The van der Waals surface area contributed by atoms with Crippen molar-refractivity contribution in [1.29, 1.82) is 0 Å². The molecule has 0 aliphatic carbocycles. The van der Waals surface area contributed by atoms with Crippen LogP contribution >= 0.6 is 23.4 Å². The fourth-order valence-electron chi connectivity index (χ4n) is 4.03. The molecule has 4 aromatic rings. The standard InChI is InChI=1S/C33H28ClN3O7S/c1-43-28-14-11-20(16-29(28)44-2)15-27(37-31(39)21-7-4-3-5-8-21)32(40)36-22-9-6-10-24(17-22)45-19-30(38)35-23-12-13-26(34)25(18-23)33(41)42/h3-18H,19H2,1-2H3,(H,35,38)(H,36,40)(H,37,39)(H,41,42)/b27-15+. The van der Waals surface area contributed by atoms with Gasteiger partial charge in [0.15, 0.2) is 11.5 Å². The van der Waals surface area contributed by atoms with E-state index in [1.807, 2.05) is 0 Å². The predicted octanol–water partition coefficient (Wildman–Crippen LogP) is 6.20. The van der Waals surface area contributed by atoms with Gasteiger partial charge in [0.05, 0.1) is 30.6 Å². The Hall–Kier alpha value is -5.26. The number of aromatic carboxylic acids is 1. The molecule has 0 saturated carbocycles. The summed E-state index contributed by atoms with van der Waals surface area (Å²) >= 11 is 7.11. The van der Waals surface area contributed by atoms with Crippen LogP contribution in [0.1, 0.15) is 26.3 Å². The summed E-state index contributed by atoms with van der Waals surface area (Å²) in [5.74, 6) is -1.64. The molecule has 0 fully saturated rings. The molecular weight excluding hydrogens is 618 g/mol. The zero-order chi connectivity index (χ0) is 32.3. The molecule has 3 amide bonds. The number of halogens is 1. The van der Waals surface area contributed by atoms with E-state index in [1.165, 1.54) is 50.3 Å². The number of amides is 3. The summed E-state index contributed by atoms with van der Waals surface area (Å²) in [5.41, 5.74) is 1.55. The topological polar surface area (TPSA) is 143 Å². The van der Waals surface area contributed by atoms with E-state index in [1.54, 1.807) is 72.8 Å². The van der Waals surface area contributed by atoms with Crippen molar-refractivity contribution in [2.24, 2.45) is 0 Å². The number of carboxylic acids is 1. The third-order valence-electron chi connectivity index (χ3n) is 6.19. The molecule has 10 nitrogen and oxygen atoms in total. The van der Waals surface area contributed by atoms with Crippen molar-refractivity contribution >= 4 is 64.5 Å². The maximum Gasteiger partial charge on any atom is 0.337 e. The number of carbonyl (C=O) groups excluding carboxylic acids is 3. The highest BCUT2D eigenvalue weighted by Gasteiger charge is 2.17. The average molecular weight is 646 g/mol. The molecule has 0 bridgehead atoms. The second-order valence-electron chi connectivity index (χ2n) is 9.31. The van der Waals surface area contributed by atoms with Gasteiger partial charge in [-0.05, 0) is 72.3 Å². The molecule has 4 rings (SSSR count). The van der Waals surface area contributed by atoms with Crippen LogP contribution in [0.3, 0.4) is 0 Å². The Morgan fingerprint density at radius 3 is 2.27 bits per heavy atom. The lowest BCUT2D eigenvalue weighted by Crippen LogP contribution is -2.30. The van der Waals surface area contributed by atoms with E-state index in [-0.39, 0.29) is 27.9 Å². The number of thioether (sulfide) groups is 1. The van der Waals surface area contributed by atoms with Crippen LogP contribution in [0.4, 0.5) is 11.4 Å². The molecule has 0 aliphatic heterocycles. The molecule has 0 saturated heterocycles. The quantitative estimate of drug-likeness (QED) is 0.105. The van der Waals surface area contributed by atoms with Crippen LogP contribution < -0.4 is 25.4 Å². The van der Waals surface area contributed by atoms with Gasteiger partial charge >= 0.3 is 5.97 Å². The van der Waals surface area contributed by atoms with Crippen LogP contribution in [0.5, 0.6) is 11.5 Å². The third-order valence-corrected chi connectivity index (χ3v) is 7.51. The summed E-state index contributed by atoms with van der Waals surface area (Å²) < 4.78 is 10.7. The second kappa shape index (κ2) is 15.5. The van der Waals surface area contributed by atoms with Gasteiger partial charge in [0.2, 0.25) is 5.91 Å². The fraction of sp³-hybridized carbons (Fsp3) is 0.0909. The lowest BCUT2D eigenvalue weighted by Gasteiger charge is -2.13. The first-order valence-electron chi connectivity index (χ1n) is 13.3. The summed E-state index contributed by atoms with van der Waals surface area (Å²) in [6.45, 7) is 0. The van der Waals surface area contributed by atoms with Gasteiger partial charge in [0.1, 0.15) is 5.70 Å².